The third-order valence-corrected chi connectivity index (χ3v) is 3.30. The Balaban J connectivity index is 1.63. The first kappa shape index (κ1) is 23.0. The standard InChI is InChI=1S/C17H16F6N4O3/c18-16(19,20)11-3-1-5-13(26-11)29-9-7-24-15(28)25-8-10-30-14-6-2-4-12(27-14)17(21,22)23/h1-6H,7-10H2,(H2,24,25,28). The lowest BCUT2D eigenvalue weighted by Gasteiger charge is -2.11. The van der Waals surface area contributed by atoms with Gasteiger partial charge in [-0.15, -0.1) is 0 Å². The van der Waals surface area contributed by atoms with Crippen LogP contribution in [0.15, 0.2) is 36.4 Å². The van der Waals surface area contributed by atoms with Crippen LogP contribution in [0.1, 0.15) is 11.4 Å². The zero-order chi connectivity index (χ0) is 22.2. The zero-order valence-electron chi connectivity index (χ0n) is 15.2. The lowest BCUT2D eigenvalue weighted by molar-refractivity contribution is -0.142. The number of ether oxygens (including phenoxy) is 2. The van der Waals surface area contributed by atoms with E-state index in [0.29, 0.717) is 0 Å². The van der Waals surface area contributed by atoms with Gasteiger partial charge in [-0.1, -0.05) is 12.1 Å². The van der Waals surface area contributed by atoms with Crippen molar-refractivity contribution in [3.63, 3.8) is 0 Å². The average Bonchev–Trinajstić information content (AvgIpc) is 2.68. The zero-order valence-corrected chi connectivity index (χ0v) is 15.2. The Morgan fingerprint density at radius 2 is 1.17 bits per heavy atom. The van der Waals surface area contributed by atoms with Crippen LogP contribution in [0, 0.1) is 0 Å². The van der Waals surface area contributed by atoms with E-state index in [4.69, 9.17) is 9.47 Å². The monoisotopic (exact) mass is 438 g/mol. The fraction of sp³-hybridized carbons (Fsp3) is 0.353. The van der Waals surface area contributed by atoms with Crippen molar-refractivity contribution in [3.05, 3.63) is 47.8 Å². The molecule has 2 heterocycles. The molecule has 0 saturated carbocycles. The lowest BCUT2D eigenvalue weighted by atomic mass is 10.3. The van der Waals surface area contributed by atoms with Crippen LogP contribution in [0.4, 0.5) is 31.1 Å². The number of aromatic nitrogens is 2. The van der Waals surface area contributed by atoms with Gasteiger partial charge >= 0.3 is 18.4 Å². The second kappa shape index (κ2) is 9.98. The minimum Gasteiger partial charge on any atom is -0.476 e. The molecular weight excluding hydrogens is 422 g/mol. The van der Waals surface area contributed by atoms with E-state index in [1.807, 2.05) is 0 Å². The molecule has 0 aliphatic carbocycles. The first-order valence-corrected chi connectivity index (χ1v) is 8.41. The number of halogens is 6. The summed E-state index contributed by atoms with van der Waals surface area (Å²) in [5, 5.41) is 4.76. The van der Waals surface area contributed by atoms with Gasteiger partial charge in [0.15, 0.2) is 0 Å². The third kappa shape index (κ3) is 7.64. The summed E-state index contributed by atoms with van der Waals surface area (Å²) in [6, 6.07) is 5.75. The smallest absolute Gasteiger partial charge is 0.433 e. The molecule has 164 valence electrons. The Kier molecular flexibility index (Phi) is 7.66. The largest absolute Gasteiger partial charge is 0.476 e. The van der Waals surface area contributed by atoms with Gasteiger partial charge in [0.2, 0.25) is 11.8 Å². The van der Waals surface area contributed by atoms with E-state index in [1.165, 1.54) is 12.1 Å². The van der Waals surface area contributed by atoms with Gasteiger partial charge < -0.3 is 20.1 Å². The van der Waals surface area contributed by atoms with E-state index in [9.17, 15) is 31.1 Å². The number of amides is 2. The van der Waals surface area contributed by atoms with E-state index in [1.54, 1.807) is 0 Å². The summed E-state index contributed by atoms with van der Waals surface area (Å²) in [6.07, 6.45) is -9.19. The number of rotatable bonds is 8. The van der Waals surface area contributed by atoms with Crippen LogP contribution in [0.25, 0.3) is 0 Å². The normalized spacial score (nSPS) is 11.7. The number of pyridine rings is 2. The molecule has 0 aliphatic heterocycles. The van der Waals surface area contributed by atoms with E-state index in [-0.39, 0.29) is 38.1 Å². The maximum atomic E-state index is 12.5. The van der Waals surface area contributed by atoms with Crippen LogP contribution in [0.5, 0.6) is 11.8 Å². The van der Waals surface area contributed by atoms with Crippen molar-refractivity contribution in [2.45, 2.75) is 12.4 Å². The first-order valence-electron chi connectivity index (χ1n) is 8.41. The topological polar surface area (TPSA) is 85.4 Å². The molecule has 0 spiro atoms. The van der Waals surface area contributed by atoms with Crippen LogP contribution in [-0.4, -0.2) is 42.3 Å². The van der Waals surface area contributed by atoms with Crippen molar-refractivity contribution in [1.29, 1.82) is 0 Å². The van der Waals surface area contributed by atoms with Crippen molar-refractivity contribution in [3.8, 4) is 11.8 Å². The lowest BCUT2D eigenvalue weighted by Crippen LogP contribution is -2.39. The third-order valence-electron chi connectivity index (χ3n) is 3.30. The van der Waals surface area contributed by atoms with Gasteiger partial charge in [-0.2, -0.15) is 26.3 Å². The van der Waals surface area contributed by atoms with E-state index >= 15 is 0 Å². The molecule has 0 fully saturated rings. The number of alkyl halides is 6. The van der Waals surface area contributed by atoms with Gasteiger partial charge in [-0.3, -0.25) is 0 Å². The minimum absolute atomic E-state index is 0.0280. The van der Waals surface area contributed by atoms with Gasteiger partial charge in [-0.05, 0) is 12.1 Å². The number of urea groups is 1. The summed E-state index contributed by atoms with van der Waals surface area (Å²) in [7, 11) is 0. The molecule has 0 saturated heterocycles. The molecule has 2 aromatic heterocycles. The van der Waals surface area contributed by atoms with E-state index < -0.39 is 29.8 Å². The highest BCUT2D eigenvalue weighted by Gasteiger charge is 2.33. The SMILES string of the molecule is O=C(NCCOc1cccc(C(F)(F)F)n1)NCCOc1cccc(C(F)(F)F)n1. The molecule has 30 heavy (non-hydrogen) atoms. The number of nitrogens with one attached hydrogen (secondary N) is 2. The van der Waals surface area contributed by atoms with Crippen LogP contribution in [0.2, 0.25) is 0 Å². The summed E-state index contributed by atoms with van der Waals surface area (Å²) in [6.45, 7) is -0.321. The predicted octanol–water partition coefficient (Wildman–Crippen LogP) is 3.27. The van der Waals surface area contributed by atoms with Crippen LogP contribution in [-0.2, 0) is 12.4 Å². The highest BCUT2D eigenvalue weighted by molar-refractivity contribution is 5.73. The summed E-state index contributed by atoms with van der Waals surface area (Å²) in [4.78, 5) is 18.2. The Hall–Kier alpha value is -3.25. The summed E-state index contributed by atoms with van der Waals surface area (Å²) >= 11 is 0. The fourth-order valence-corrected chi connectivity index (χ4v) is 2.01. The molecule has 2 amide bonds. The van der Waals surface area contributed by atoms with E-state index in [0.717, 1.165) is 24.3 Å². The molecule has 0 bridgehead atoms. The van der Waals surface area contributed by atoms with Crippen molar-refractivity contribution < 1.29 is 40.6 Å². The van der Waals surface area contributed by atoms with E-state index in [2.05, 4.69) is 20.6 Å². The fourth-order valence-electron chi connectivity index (χ4n) is 2.01. The predicted molar refractivity (Wildman–Crippen MR) is 90.9 cm³/mol. The average molecular weight is 438 g/mol. The van der Waals surface area contributed by atoms with Gasteiger partial charge in [0.05, 0.1) is 13.1 Å². The molecule has 0 radical (unpaired) electrons. The highest BCUT2D eigenvalue weighted by atomic mass is 19.4. The number of nitrogens with zero attached hydrogens (tertiary/aromatic N) is 2. The van der Waals surface area contributed by atoms with Crippen LogP contribution >= 0.6 is 0 Å². The number of hydrogen-bond donors (Lipinski definition) is 2. The Morgan fingerprint density at radius 3 is 1.53 bits per heavy atom. The minimum atomic E-state index is -4.59. The van der Waals surface area contributed by atoms with Gasteiger partial charge in [0.25, 0.3) is 0 Å². The molecule has 0 atom stereocenters. The quantitative estimate of drug-likeness (QED) is 0.488. The van der Waals surface area contributed by atoms with Crippen molar-refractivity contribution >= 4 is 6.03 Å². The molecule has 0 aromatic carbocycles. The van der Waals surface area contributed by atoms with Crippen molar-refractivity contribution in [2.24, 2.45) is 0 Å². The summed E-state index contributed by atoms with van der Waals surface area (Å²) in [5.74, 6) is -0.483. The number of carbonyl (C=O) groups is 1. The van der Waals surface area contributed by atoms with Crippen molar-refractivity contribution in [1.82, 2.24) is 20.6 Å². The molecule has 0 unspecified atom stereocenters. The maximum absolute atomic E-state index is 12.5. The number of hydrogen-bond acceptors (Lipinski definition) is 5. The molecule has 2 N–H and O–H groups in total. The number of carbonyl (C=O) groups excluding carboxylic acids is 1. The summed E-state index contributed by atoms with van der Waals surface area (Å²) in [5.41, 5.74) is -2.19. The summed E-state index contributed by atoms with van der Waals surface area (Å²) < 4.78 is 85.3. The molecule has 7 nitrogen and oxygen atoms in total. The maximum Gasteiger partial charge on any atom is 0.433 e. The molecular formula is C17H16F6N4O3. The first-order chi connectivity index (χ1) is 14.1. The Morgan fingerprint density at radius 1 is 0.767 bits per heavy atom. The van der Waals surface area contributed by atoms with Gasteiger partial charge in [0, 0.05) is 12.1 Å². The van der Waals surface area contributed by atoms with Gasteiger partial charge in [0.1, 0.15) is 24.6 Å². The molecule has 13 heteroatoms. The second-order valence-corrected chi connectivity index (χ2v) is 5.60. The van der Waals surface area contributed by atoms with Crippen LogP contribution < -0.4 is 20.1 Å². The van der Waals surface area contributed by atoms with Crippen LogP contribution in [0.3, 0.4) is 0 Å². The van der Waals surface area contributed by atoms with Crippen molar-refractivity contribution in [2.75, 3.05) is 26.3 Å². The Bertz CT molecular complexity index is 777. The second-order valence-electron chi connectivity index (χ2n) is 5.60. The highest BCUT2D eigenvalue weighted by Crippen LogP contribution is 2.29. The Labute approximate surface area is 166 Å². The molecule has 0 aliphatic rings. The van der Waals surface area contributed by atoms with Gasteiger partial charge in [-0.25, -0.2) is 14.8 Å². The molecule has 2 aromatic rings. The molecule has 2 rings (SSSR count).